The van der Waals surface area contributed by atoms with Crippen molar-refractivity contribution in [3.05, 3.63) is 15.6 Å². The highest BCUT2D eigenvalue weighted by atomic mass is 32.1. The quantitative estimate of drug-likeness (QED) is 0.841. The summed E-state index contributed by atoms with van der Waals surface area (Å²) < 4.78 is 5.23. The SMILES string of the molecule is CCc1nc(C)sc1CN1CCC[C@](CO)(CCOC)C1. The molecule has 120 valence electrons. The molecule has 2 rings (SSSR count). The molecule has 1 aromatic heterocycles. The van der Waals surface area contributed by atoms with Crippen LogP contribution in [0, 0.1) is 12.3 Å². The lowest BCUT2D eigenvalue weighted by molar-refractivity contribution is 0.00499. The zero-order valence-electron chi connectivity index (χ0n) is 13.5. The number of nitrogens with zero attached hydrogens (tertiary/aromatic N) is 2. The predicted octanol–water partition coefficient (Wildman–Crippen LogP) is 2.62. The van der Waals surface area contributed by atoms with Crippen LogP contribution in [0.15, 0.2) is 0 Å². The number of rotatable bonds is 7. The van der Waals surface area contributed by atoms with Crippen molar-refractivity contribution >= 4 is 11.3 Å². The Hall–Kier alpha value is -0.490. The van der Waals surface area contributed by atoms with Crippen LogP contribution in [-0.2, 0) is 17.7 Å². The van der Waals surface area contributed by atoms with Crippen molar-refractivity contribution in [2.75, 3.05) is 33.4 Å². The van der Waals surface area contributed by atoms with Crippen molar-refractivity contribution in [1.29, 1.82) is 0 Å². The maximum atomic E-state index is 9.86. The highest BCUT2D eigenvalue weighted by Gasteiger charge is 2.34. The Bertz CT molecular complexity index is 449. The molecule has 1 aliphatic heterocycles. The van der Waals surface area contributed by atoms with E-state index in [1.54, 1.807) is 7.11 Å². The first-order valence-corrected chi connectivity index (χ1v) is 8.71. The number of thiazole rings is 1. The molecule has 21 heavy (non-hydrogen) atoms. The molecule has 0 radical (unpaired) electrons. The molecule has 1 N–H and O–H groups in total. The van der Waals surface area contributed by atoms with Crippen LogP contribution in [0.1, 0.15) is 41.8 Å². The lowest BCUT2D eigenvalue weighted by Gasteiger charge is -2.41. The average molecular weight is 312 g/mol. The average Bonchev–Trinajstić information content (AvgIpc) is 2.85. The van der Waals surface area contributed by atoms with Crippen molar-refractivity contribution in [3.8, 4) is 0 Å². The van der Waals surface area contributed by atoms with E-state index >= 15 is 0 Å². The fourth-order valence-electron chi connectivity index (χ4n) is 3.29. The Labute approximate surface area is 132 Å². The van der Waals surface area contributed by atoms with E-state index in [4.69, 9.17) is 4.74 Å². The monoisotopic (exact) mass is 312 g/mol. The van der Waals surface area contributed by atoms with Gasteiger partial charge in [0.1, 0.15) is 0 Å². The van der Waals surface area contributed by atoms with Crippen molar-refractivity contribution < 1.29 is 9.84 Å². The Morgan fingerprint density at radius 2 is 2.29 bits per heavy atom. The smallest absolute Gasteiger partial charge is 0.0900 e. The van der Waals surface area contributed by atoms with Gasteiger partial charge in [-0.15, -0.1) is 11.3 Å². The Morgan fingerprint density at radius 1 is 1.48 bits per heavy atom. The van der Waals surface area contributed by atoms with Gasteiger partial charge in [-0.2, -0.15) is 0 Å². The highest BCUT2D eigenvalue weighted by molar-refractivity contribution is 7.11. The molecule has 0 aromatic carbocycles. The molecule has 0 aliphatic carbocycles. The molecule has 0 bridgehead atoms. The van der Waals surface area contributed by atoms with E-state index in [1.807, 2.05) is 11.3 Å². The van der Waals surface area contributed by atoms with Gasteiger partial charge in [0.25, 0.3) is 0 Å². The summed E-state index contributed by atoms with van der Waals surface area (Å²) in [5, 5.41) is 11.0. The molecular formula is C16H28N2O2S. The zero-order valence-corrected chi connectivity index (χ0v) is 14.3. The third kappa shape index (κ3) is 4.25. The van der Waals surface area contributed by atoms with E-state index in [9.17, 15) is 5.11 Å². The molecule has 1 fully saturated rings. The summed E-state index contributed by atoms with van der Waals surface area (Å²) in [6.45, 7) is 8.31. The molecule has 0 unspecified atom stereocenters. The van der Waals surface area contributed by atoms with E-state index in [-0.39, 0.29) is 12.0 Å². The maximum absolute atomic E-state index is 9.86. The maximum Gasteiger partial charge on any atom is 0.0900 e. The normalized spacial score (nSPS) is 23.6. The van der Waals surface area contributed by atoms with Crippen molar-refractivity contribution in [2.24, 2.45) is 5.41 Å². The Morgan fingerprint density at radius 3 is 2.95 bits per heavy atom. The topological polar surface area (TPSA) is 45.6 Å². The molecule has 0 amide bonds. The molecular weight excluding hydrogens is 284 g/mol. The molecule has 0 saturated carbocycles. The second kappa shape index (κ2) is 7.68. The Kier molecular flexibility index (Phi) is 6.17. The number of likely N-dealkylation sites (tertiary alicyclic amines) is 1. The molecule has 5 heteroatoms. The number of ether oxygens (including phenoxy) is 1. The number of aromatic nitrogens is 1. The summed E-state index contributed by atoms with van der Waals surface area (Å²) in [5.74, 6) is 0. The summed E-state index contributed by atoms with van der Waals surface area (Å²) in [5.41, 5.74) is 1.26. The first kappa shape index (κ1) is 16.9. The van der Waals surface area contributed by atoms with Crippen LogP contribution in [0.25, 0.3) is 0 Å². The summed E-state index contributed by atoms with van der Waals surface area (Å²) in [6.07, 6.45) is 4.20. The molecule has 4 nitrogen and oxygen atoms in total. The molecule has 1 aliphatic rings. The predicted molar refractivity (Wildman–Crippen MR) is 86.8 cm³/mol. The van der Waals surface area contributed by atoms with Crippen molar-refractivity contribution in [1.82, 2.24) is 9.88 Å². The first-order valence-electron chi connectivity index (χ1n) is 7.90. The fraction of sp³-hybridized carbons (Fsp3) is 0.812. The van der Waals surface area contributed by atoms with E-state index in [0.717, 1.165) is 56.9 Å². The van der Waals surface area contributed by atoms with Gasteiger partial charge in [0.2, 0.25) is 0 Å². The third-order valence-electron chi connectivity index (χ3n) is 4.50. The van der Waals surface area contributed by atoms with Crippen LogP contribution in [-0.4, -0.2) is 48.4 Å². The van der Waals surface area contributed by atoms with Crippen LogP contribution in [0.5, 0.6) is 0 Å². The Balaban J connectivity index is 2.03. The lowest BCUT2D eigenvalue weighted by atomic mass is 9.78. The first-order chi connectivity index (χ1) is 10.1. The van der Waals surface area contributed by atoms with Crippen LogP contribution in [0.2, 0.25) is 0 Å². The molecule has 0 spiro atoms. The molecule has 1 aromatic rings. The lowest BCUT2D eigenvalue weighted by Crippen LogP contribution is -2.45. The summed E-state index contributed by atoms with van der Waals surface area (Å²) >= 11 is 1.82. The van der Waals surface area contributed by atoms with Gasteiger partial charge in [-0.1, -0.05) is 6.92 Å². The summed E-state index contributed by atoms with van der Waals surface area (Å²) in [6, 6.07) is 0. The minimum absolute atomic E-state index is 0.0143. The van der Waals surface area contributed by atoms with Crippen LogP contribution in [0.3, 0.4) is 0 Å². The van der Waals surface area contributed by atoms with Gasteiger partial charge >= 0.3 is 0 Å². The third-order valence-corrected chi connectivity index (χ3v) is 5.50. The number of aryl methyl sites for hydroxylation is 2. The van der Waals surface area contributed by atoms with Crippen molar-refractivity contribution in [3.63, 3.8) is 0 Å². The van der Waals surface area contributed by atoms with E-state index in [2.05, 4.69) is 23.7 Å². The van der Waals surface area contributed by atoms with Crippen LogP contribution in [0.4, 0.5) is 0 Å². The summed E-state index contributed by atoms with van der Waals surface area (Å²) in [4.78, 5) is 8.51. The second-order valence-electron chi connectivity index (χ2n) is 6.17. The van der Waals surface area contributed by atoms with Crippen LogP contribution < -0.4 is 0 Å². The number of hydrogen-bond acceptors (Lipinski definition) is 5. The number of piperidine rings is 1. The van der Waals surface area contributed by atoms with Gasteiger partial charge < -0.3 is 9.84 Å². The van der Waals surface area contributed by atoms with Gasteiger partial charge in [0.15, 0.2) is 0 Å². The zero-order chi connectivity index (χ0) is 15.3. The number of methoxy groups -OCH3 is 1. The molecule has 1 saturated heterocycles. The van der Waals surface area contributed by atoms with E-state index in [0.29, 0.717) is 0 Å². The highest BCUT2D eigenvalue weighted by Crippen LogP contribution is 2.34. The number of aliphatic hydroxyl groups excluding tert-OH is 1. The molecule has 1 atom stereocenters. The number of aliphatic hydroxyl groups is 1. The van der Waals surface area contributed by atoms with E-state index < -0.39 is 0 Å². The minimum Gasteiger partial charge on any atom is -0.396 e. The van der Waals surface area contributed by atoms with Gasteiger partial charge in [0.05, 0.1) is 17.3 Å². The summed E-state index contributed by atoms with van der Waals surface area (Å²) in [7, 11) is 1.74. The standard InChI is InChI=1S/C16H28N2O2S/c1-4-14-15(21-13(2)17-14)10-18-8-5-6-16(11-18,12-19)7-9-20-3/h19H,4-12H2,1-3H3/t16-/m0/s1. The largest absolute Gasteiger partial charge is 0.396 e. The van der Waals surface area contributed by atoms with E-state index in [1.165, 1.54) is 10.6 Å². The van der Waals surface area contributed by atoms with Gasteiger partial charge in [0, 0.05) is 37.1 Å². The second-order valence-corrected chi connectivity index (χ2v) is 7.46. The van der Waals surface area contributed by atoms with Gasteiger partial charge in [-0.25, -0.2) is 4.98 Å². The van der Waals surface area contributed by atoms with Gasteiger partial charge in [-0.3, -0.25) is 4.90 Å². The fourth-order valence-corrected chi connectivity index (χ4v) is 4.36. The number of hydrogen-bond donors (Lipinski definition) is 1. The van der Waals surface area contributed by atoms with Crippen LogP contribution >= 0.6 is 11.3 Å². The molecule has 2 heterocycles. The van der Waals surface area contributed by atoms with Crippen molar-refractivity contribution in [2.45, 2.75) is 46.1 Å². The minimum atomic E-state index is 0.0143. The van der Waals surface area contributed by atoms with Gasteiger partial charge in [-0.05, 0) is 39.2 Å².